The first-order valence-electron chi connectivity index (χ1n) is 6.86. The lowest BCUT2D eigenvalue weighted by molar-refractivity contribution is -0.137. The van der Waals surface area contributed by atoms with Gasteiger partial charge >= 0.3 is 5.97 Å². The Bertz CT molecular complexity index is 599. The molecule has 0 aliphatic heterocycles. The molecule has 0 aliphatic carbocycles. The van der Waals surface area contributed by atoms with Crippen molar-refractivity contribution in [3.05, 3.63) is 42.0 Å². The highest BCUT2D eigenvalue weighted by molar-refractivity contribution is 5.98. The minimum atomic E-state index is -0.687. The molecule has 1 rings (SSSR count). The SMILES string of the molecule is C=CCOC(=O)C(C#N)=Cc1ccc(OCCC)c(OC)c1. The van der Waals surface area contributed by atoms with E-state index < -0.39 is 5.97 Å². The monoisotopic (exact) mass is 301 g/mol. The van der Waals surface area contributed by atoms with Gasteiger partial charge in [-0.15, -0.1) is 0 Å². The van der Waals surface area contributed by atoms with Gasteiger partial charge in [0.05, 0.1) is 13.7 Å². The van der Waals surface area contributed by atoms with Crippen molar-refractivity contribution in [2.75, 3.05) is 20.3 Å². The molecule has 0 fully saturated rings. The number of carbonyl (C=O) groups is 1. The molecule has 0 N–H and O–H groups in total. The summed E-state index contributed by atoms with van der Waals surface area (Å²) in [5.74, 6) is 0.473. The fraction of sp³-hybridized carbons (Fsp3) is 0.294. The van der Waals surface area contributed by atoms with E-state index >= 15 is 0 Å². The molecule has 0 heterocycles. The number of methoxy groups -OCH3 is 1. The van der Waals surface area contributed by atoms with Crippen LogP contribution >= 0.6 is 0 Å². The average Bonchev–Trinajstić information content (AvgIpc) is 2.55. The van der Waals surface area contributed by atoms with E-state index in [0.29, 0.717) is 23.7 Å². The van der Waals surface area contributed by atoms with Crippen LogP contribution in [0.25, 0.3) is 6.08 Å². The lowest BCUT2D eigenvalue weighted by atomic mass is 10.1. The second-order valence-electron chi connectivity index (χ2n) is 4.32. The summed E-state index contributed by atoms with van der Waals surface area (Å²) in [4.78, 5) is 11.7. The van der Waals surface area contributed by atoms with Crippen LogP contribution < -0.4 is 9.47 Å². The summed E-state index contributed by atoms with van der Waals surface area (Å²) in [6.45, 7) is 6.11. The molecule has 1 aromatic rings. The van der Waals surface area contributed by atoms with Gasteiger partial charge in [0.2, 0.25) is 0 Å². The van der Waals surface area contributed by atoms with Crippen LogP contribution in [0.4, 0.5) is 0 Å². The number of esters is 1. The van der Waals surface area contributed by atoms with Crippen molar-refractivity contribution in [2.45, 2.75) is 13.3 Å². The number of carbonyl (C=O) groups excluding carboxylic acids is 1. The fourth-order valence-electron chi connectivity index (χ4n) is 1.62. The largest absolute Gasteiger partial charge is 0.493 e. The zero-order valence-electron chi connectivity index (χ0n) is 12.8. The van der Waals surface area contributed by atoms with Crippen LogP contribution in [0, 0.1) is 11.3 Å². The van der Waals surface area contributed by atoms with Crippen LogP contribution in [-0.2, 0) is 9.53 Å². The van der Waals surface area contributed by atoms with E-state index in [1.807, 2.05) is 13.0 Å². The predicted octanol–water partition coefficient (Wildman–Crippen LogP) is 3.12. The van der Waals surface area contributed by atoms with Gasteiger partial charge in [0.25, 0.3) is 0 Å². The van der Waals surface area contributed by atoms with Gasteiger partial charge in [0.1, 0.15) is 18.2 Å². The Morgan fingerprint density at radius 1 is 1.41 bits per heavy atom. The Morgan fingerprint density at radius 2 is 2.18 bits per heavy atom. The lowest BCUT2D eigenvalue weighted by Gasteiger charge is -2.10. The van der Waals surface area contributed by atoms with E-state index in [0.717, 1.165) is 6.42 Å². The minimum absolute atomic E-state index is 0.0605. The van der Waals surface area contributed by atoms with E-state index in [-0.39, 0.29) is 12.2 Å². The zero-order chi connectivity index (χ0) is 16.4. The first-order chi connectivity index (χ1) is 10.7. The van der Waals surface area contributed by atoms with Gasteiger partial charge < -0.3 is 14.2 Å². The Morgan fingerprint density at radius 3 is 2.77 bits per heavy atom. The highest BCUT2D eigenvalue weighted by atomic mass is 16.5. The molecule has 1 aromatic carbocycles. The van der Waals surface area contributed by atoms with Crippen molar-refractivity contribution < 1.29 is 19.0 Å². The first kappa shape index (κ1) is 17.3. The normalized spacial score (nSPS) is 10.5. The molecule has 0 amide bonds. The molecule has 0 unspecified atom stereocenters. The molecule has 5 nitrogen and oxygen atoms in total. The van der Waals surface area contributed by atoms with Crippen molar-refractivity contribution in [2.24, 2.45) is 0 Å². The number of benzene rings is 1. The van der Waals surface area contributed by atoms with Crippen LogP contribution in [0.5, 0.6) is 11.5 Å². The maximum absolute atomic E-state index is 11.7. The molecule has 0 bridgehead atoms. The Hall–Kier alpha value is -2.74. The molecule has 0 aromatic heterocycles. The van der Waals surface area contributed by atoms with E-state index in [1.54, 1.807) is 18.2 Å². The number of hydrogen-bond acceptors (Lipinski definition) is 5. The smallest absolute Gasteiger partial charge is 0.349 e. The summed E-state index contributed by atoms with van der Waals surface area (Å²) in [6.07, 6.45) is 3.77. The molecular weight excluding hydrogens is 282 g/mol. The van der Waals surface area contributed by atoms with Crippen LogP contribution in [-0.4, -0.2) is 26.3 Å². The standard InChI is InChI=1S/C17H19NO4/c1-4-8-21-15-7-6-13(11-16(15)20-3)10-14(12-18)17(19)22-9-5-2/h5-7,10-11H,2,4,8-9H2,1,3H3. The highest BCUT2D eigenvalue weighted by Gasteiger charge is 2.11. The van der Waals surface area contributed by atoms with E-state index in [4.69, 9.17) is 19.5 Å². The molecule has 0 saturated carbocycles. The number of ether oxygens (including phenoxy) is 3. The Kier molecular flexibility index (Phi) is 7.27. The topological polar surface area (TPSA) is 68.6 Å². The summed E-state index contributed by atoms with van der Waals surface area (Å²) in [5.41, 5.74) is 0.555. The molecule has 22 heavy (non-hydrogen) atoms. The van der Waals surface area contributed by atoms with Gasteiger partial charge in [-0.25, -0.2) is 4.79 Å². The number of nitrogens with zero attached hydrogens (tertiary/aromatic N) is 1. The minimum Gasteiger partial charge on any atom is -0.493 e. The molecule has 0 spiro atoms. The van der Waals surface area contributed by atoms with E-state index in [2.05, 4.69) is 6.58 Å². The average molecular weight is 301 g/mol. The van der Waals surface area contributed by atoms with Crippen molar-refractivity contribution in [3.63, 3.8) is 0 Å². The summed E-state index contributed by atoms with van der Waals surface area (Å²) < 4.78 is 15.7. The van der Waals surface area contributed by atoms with E-state index in [9.17, 15) is 4.79 Å². The summed E-state index contributed by atoms with van der Waals surface area (Å²) in [6, 6.07) is 7.01. The molecule has 0 atom stereocenters. The predicted molar refractivity (Wildman–Crippen MR) is 83.5 cm³/mol. The first-order valence-corrected chi connectivity index (χ1v) is 6.86. The lowest BCUT2D eigenvalue weighted by Crippen LogP contribution is -2.06. The third kappa shape index (κ3) is 4.98. The quantitative estimate of drug-likeness (QED) is 0.319. The molecule has 116 valence electrons. The van der Waals surface area contributed by atoms with Crippen molar-refractivity contribution in [3.8, 4) is 17.6 Å². The van der Waals surface area contributed by atoms with Crippen molar-refractivity contribution in [1.82, 2.24) is 0 Å². The van der Waals surface area contributed by atoms with Gasteiger partial charge in [-0.05, 0) is 30.2 Å². The van der Waals surface area contributed by atoms with Crippen LogP contribution in [0.2, 0.25) is 0 Å². The number of nitriles is 1. The van der Waals surface area contributed by atoms with Gasteiger partial charge in [0, 0.05) is 0 Å². The van der Waals surface area contributed by atoms with Gasteiger partial charge in [-0.2, -0.15) is 5.26 Å². The van der Waals surface area contributed by atoms with Gasteiger partial charge in [-0.1, -0.05) is 25.6 Å². The number of hydrogen-bond donors (Lipinski definition) is 0. The van der Waals surface area contributed by atoms with Gasteiger partial charge in [0.15, 0.2) is 11.5 Å². The van der Waals surface area contributed by atoms with E-state index in [1.165, 1.54) is 19.3 Å². The molecular formula is C17H19NO4. The summed E-state index contributed by atoms with van der Waals surface area (Å²) in [7, 11) is 1.53. The molecule has 0 radical (unpaired) electrons. The van der Waals surface area contributed by atoms with Crippen LogP contribution in [0.1, 0.15) is 18.9 Å². The van der Waals surface area contributed by atoms with Crippen molar-refractivity contribution >= 4 is 12.0 Å². The fourth-order valence-corrected chi connectivity index (χ4v) is 1.62. The third-order valence-electron chi connectivity index (χ3n) is 2.63. The Labute approximate surface area is 130 Å². The van der Waals surface area contributed by atoms with Crippen molar-refractivity contribution in [1.29, 1.82) is 5.26 Å². The van der Waals surface area contributed by atoms with Crippen LogP contribution in [0.3, 0.4) is 0 Å². The third-order valence-corrected chi connectivity index (χ3v) is 2.63. The zero-order valence-corrected chi connectivity index (χ0v) is 12.8. The Balaban J connectivity index is 3.00. The second kappa shape index (κ2) is 9.24. The molecule has 5 heteroatoms. The maximum Gasteiger partial charge on any atom is 0.349 e. The second-order valence-corrected chi connectivity index (χ2v) is 4.32. The summed E-state index contributed by atoms with van der Waals surface area (Å²) >= 11 is 0. The maximum atomic E-state index is 11.7. The molecule has 0 aliphatic rings. The molecule has 0 saturated heterocycles. The highest BCUT2D eigenvalue weighted by Crippen LogP contribution is 2.29. The van der Waals surface area contributed by atoms with Gasteiger partial charge in [-0.3, -0.25) is 0 Å². The van der Waals surface area contributed by atoms with Crippen LogP contribution in [0.15, 0.2) is 36.4 Å². The number of rotatable bonds is 8. The summed E-state index contributed by atoms with van der Waals surface area (Å²) in [5, 5.41) is 9.05.